The van der Waals surface area contributed by atoms with E-state index in [1.807, 2.05) is 0 Å². The second-order valence-electron chi connectivity index (χ2n) is 5.59. The molecule has 1 aromatic carbocycles. The molecule has 0 saturated heterocycles. The highest BCUT2D eigenvalue weighted by atomic mass is 79.9. The topological polar surface area (TPSA) is 21.3 Å². The van der Waals surface area contributed by atoms with Crippen LogP contribution in [0.2, 0.25) is 0 Å². The van der Waals surface area contributed by atoms with Crippen molar-refractivity contribution in [3.05, 3.63) is 34.3 Å². The lowest BCUT2D eigenvalue weighted by atomic mass is 9.64. The van der Waals surface area contributed by atoms with E-state index in [2.05, 4.69) is 66.3 Å². The molecule has 0 spiro atoms. The van der Waals surface area contributed by atoms with Gasteiger partial charge in [0.15, 0.2) is 0 Å². The van der Waals surface area contributed by atoms with Crippen LogP contribution in [0.1, 0.15) is 32.8 Å². The van der Waals surface area contributed by atoms with E-state index >= 15 is 0 Å². The molecule has 1 aliphatic carbocycles. The zero-order valence-electron chi connectivity index (χ0n) is 11.4. The summed E-state index contributed by atoms with van der Waals surface area (Å²) in [4.78, 5) is 0. The Hall–Kier alpha value is -0.380. The van der Waals surface area contributed by atoms with Crippen molar-refractivity contribution >= 4 is 15.9 Å². The largest absolute Gasteiger partial charge is 0.373 e. The fraction of sp³-hybridized carbons (Fsp3) is 0.600. The van der Waals surface area contributed by atoms with E-state index < -0.39 is 0 Å². The van der Waals surface area contributed by atoms with Gasteiger partial charge in [0.2, 0.25) is 0 Å². The molecule has 3 heteroatoms. The molecule has 0 bridgehead atoms. The van der Waals surface area contributed by atoms with E-state index in [1.54, 1.807) is 0 Å². The minimum absolute atomic E-state index is 0.241. The van der Waals surface area contributed by atoms with Crippen LogP contribution in [-0.2, 0) is 11.3 Å². The Labute approximate surface area is 118 Å². The first-order valence-corrected chi connectivity index (χ1v) is 7.42. The van der Waals surface area contributed by atoms with Gasteiger partial charge in [-0.2, -0.15) is 0 Å². The number of hydrogen-bond donors (Lipinski definition) is 1. The lowest BCUT2D eigenvalue weighted by Gasteiger charge is -2.52. The van der Waals surface area contributed by atoms with Crippen molar-refractivity contribution in [2.24, 2.45) is 5.41 Å². The predicted molar refractivity (Wildman–Crippen MR) is 78.6 cm³/mol. The molecule has 18 heavy (non-hydrogen) atoms. The third-order valence-corrected chi connectivity index (χ3v) is 4.52. The van der Waals surface area contributed by atoms with E-state index in [-0.39, 0.29) is 5.41 Å². The van der Waals surface area contributed by atoms with Crippen LogP contribution in [0.25, 0.3) is 0 Å². The molecule has 100 valence electrons. The number of benzene rings is 1. The van der Waals surface area contributed by atoms with Gasteiger partial charge < -0.3 is 10.1 Å². The maximum absolute atomic E-state index is 6.04. The third kappa shape index (κ3) is 2.95. The minimum Gasteiger partial charge on any atom is -0.373 e. The van der Waals surface area contributed by atoms with Crippen molar-refractivity contribution in [1.82, 2.24) is 5.32 Å². The molecule has 0 amide bonds. The lowest BCUT2D eigenvalue weighted by molar-refractivity contribution is -0.124. The van der Waals surface area contributed by atoms with Crippen LogP contribution in [-0.4, -0.2) is 18.7 Å². The monoisotopic (exact) mass is 311 g/mol. The molecular weight excluding hydrogens is 290 g/mol. The van der Waals surface area contributed by atoms with Crippen LogP contribution in [0, 0.1) is 5.41 Å². The summed E-state index contributed by atoms with van der Waals surface area (Å²) in [6, 6.07) is 8.94. The highest BCUT2D eigenvalue weighted by Gasteiger charge is 2.48. The molecule has 2 atom stereocenters. The van der Waals surface area contributed by atoms with Gasteiger partial charge in [-0.3, -0.25) is 0 Å². The lowest BCUT2D eigenvalue weighted by Crippen LogP contribution is -2.60. The summed E-state index contributed by atoms with van der Waals surface area (Å²) in [5.41, 5.74) is 1.48. The van der Waals surface area contributed by atoms with Crippen LogP contribution >= 0.6 is 15.9 Å². The SMILES string of the molecule is CCNC1CC(OCc2ccc(Br)cc2)C1(C)C. The van der Waals surface area contributed by atoms with Crippen molar-refractivity contribution in [2.75, 3.05) is 6.54 Å². The summed E-state index contributed by atoms with van der Waals surface area (Å²) >= 11 is 3.44. The van der Waals surface area contributed by atoms with Gasteiger partial charge in [0.05, 0.1) is 12.7 Å². The molecule has 2 unspecified atom stereocenters. The Kier molecular flexibility index (Phi) is 4.46. The average molecular weight is 312 g/mol. The molecule has 1 aliphatic rings. The van der Waals surface area contributed by atoms with Crippen LogP contribution in [0.3, 0.4) is 0 Å². The van der Waals surface area contributed by atoms with Gasteiger partial charge in [0.25, 0.3) is 0 Å². The summed E-state index contributed by atoms with van der Waals surface area (Å²) in [6.45, 7) is 8.48. The Morgan fingerprint density at radius 2 is 2.00 bits per heavy atom. The Morgan fingerprint density at radius 3 is 2.56 bits per heavy atom. The fourth-order valence-electron chi connectivity index (χ4n) is 2.54. The highest BCUT2D eigenvalue weighted by molar-refractivity contribution is 9.10. The molecule has 0 aliphatic heterocycles. The number of hydrogen-bond acceptors (Lipinski definition) is 2. The van der Waals surface area contributed by atoms with E-state index in [1.165, 1.54) is 5.56 Å². The van der Waals surface area contributed by atoms with Crippen LogP contribution in [0.5, 0.6) is 0 Å². The zero-order valence-corrected chi connectivity index (χ0v) is 13.0. The maximum atomic E-state index is 6.04. The van der Waals surface area contributed by atoms with Crippen molar-refractivity contribution in [1.29, 1.82) is 0 Å². The molecule has 0 aromatic heterocycles. The summed E-state index contributed by atoms with van der Waals surface area (Å²) in [6.07, 6.45) is 1.49. The van der Waals surface area contributed by atoms with Crippen LogP contribution in [0.15, 0.2) is 28.7 Å². The van der Waals surface area contributed by atoms with Gasteiger partial charge in [0.1, 0.15) is 0 Å². The van der Waals surface area contributed by atoms with Crippen molar-refractivity contribution < 1.29 is 4.74 Å². The number of halogens is 1. The molecule has 1 saturated carbocycles. The van der Waals surface area contributed by atoms with Crippen LogP contribution in [0.4, 0.5) is 0 Å². The van der Waals surface area contributed by atoms with E-state index in [9.17, 15) is 0 Å². The molecule has 0 heterocycles. The summed E-state index contributed by atoms with van der Waals surface area (Å²) in [5.74, 6) is 0. The molecular formula is C15H22BrNO. The normalized spacial score (nSPS) is 25.8. The van der Waals surface area contributed by atoms with E-state index in [4.69, 9.17) is 4.74 Å². The Morgan fingerprint density at radius 1 is 1.33 bits per heavy atom. The minimum atomic E-state index is 0.241. The van der Waals surface area contributed by atoms with Crippen molar-refractivity contribution in [3.8, 4) is 0 Å². The molecule has 2 nitrogen and oxygen atoms in total. The number of ether oxygens (including phenoxy) is 1. The molecule has 1 aromatic rings. The summed E-state index contributed by atoms with van der Waals surface area (Å²) < 4.78 is 7.15. The standard InChI is InChI=1S/C15H22BrNO/c1-4-17-13-9-14(15(13,2)3)18-10-11-5-7-12(16)8-6-11/h5-8,13-14,17H,4,9-10H2,1-3H3. The number of nitrogens with one attached hydrogen (secondary N) is 1. The van der Waals surface area contributed by atoms with Crippen molar-refractivity contribution in [3.63, 3.8) is 0 Å². The Balaban J connectivity index is 1.83. The van der Waals surface area contributed by atoms with Gasteiger partial charge in [-0.15, -0.1) is 0 Å². The highest BCUT2D eigenvalue weighted by Crippen LogP contribution is 2.43. The zero-order chi connectivity index (χ0) is 13.2. The molecule has 0 radical (unpaired) electrons. The van der Waals surface area contributed by atoms with Gasteiger partial charge in [-0.25, -0.2) is 0 Å². The van der Waals surface area contributed by atoms with Gasteiger partial charge in [0, 0.05) is 15.9 Å². The third-order valence-electron chi connectivity index (χ3n) is 3.99. The molecule has 1 fully saturated rings. The van der Waals surface area contributed by atoms with Gasteiger partial charge in [-0.1, -0.05) is 48.8 Å². The predicted octanol–water partition coefficient (Wildman–Crippen LogP) is 3.74. The van der Waals surface area contributed by atoms with Gasteiger partial charge in [-0.05, 0) is 30.7 Å². The summed E-state index contributed by atoms with van der Waals surface area (Å²) in [5, 5.41) is 3.52. The number of rotatable bonds is 5. The quantitative estimate of drug-likeness (QED) is 0.894. The van der Waals surface area contributed by atoms with E-state index in [0.29, 0.717) is 18.8 Å². The first-order valence-electron chi connectivity index (χ1n) is 6.63. The molecule has 1 N–H and O–H groups in total. The average Bonchev–Trinajstić information content (AvgIpc) is 2.35. The van der Waals surface area contributed by atoms with Crippen LogP contribution < -0.4 is 5.32 Å². The molecule has 2 rings (SSSR count). The first kappa shape index (κ1) is 14.0. The maximum Gasteiger partial charge on any atom is 0.0720 e. The second-order valence-corrected chi connectivity index (χ2v) is 6.51. The van der Waals surface area contributed by atoms with E-state index in [0.717, 1.165) is 17.4 Å². The smallest absolute Gasteiger partial charge is 0.0720 e. The van der Waals surface area contributed by atoms with Crippen molar-refractivity contribution in [2.45, 2.75) is 45.9 Å². The Bertz CT molecular complexity index is 388. The first-order chi connectivity index (χ1) is 8.54. The summed E-state index contributed by atoms with van der Waals surface area (Å²) in [7, 11) is 0. The van der Waals surface area contributed by atoms with Gasteiger partial charge >= 0.3 is 0 Å². The second kappa shape index (κ2) is 5.72. The fourth-order valence-corrected chi connectivity index (χ4v) is 2.80.